The first-order valence-corrected chi connectivity index (χ1v) is 9.56. The lowest BCUT2D eigenvalue weighted by Crippen LogP contribution is -2.56. The fraction of sp³-hybridized carbons (Fsp3) is 0.900. The van der Waals surface area contributed by atoms with Crippen molar-refractivity contribution in [2.75, 3.05) is 6.61 Å². The van der Waals surface area contributed by atoms with E-state index >= 15 is 0 Å². The number of hydrogen-bond donors (Lipinski definition) is 1. The van der Waals surface area contributed by atoms with E-state index in [1.54, 1.807) is 0 Å². The van der Waals surface area contributed by atoms with Gasteiger partial charge in [0.1, 0.15) is 11.6 Å². The zero-order chi connectivity index (χ0) is 16.4. The van der Waals surface area contributed by atoms with Gasteiger partial charge in [-0.05, 0) is 67.1 Å². The van der Waals surface area contributed by atoms with Crippen LogP contribution < -0.4 is 0 Å². The van der Waals surface area contributed by atoms with E-state index in [-0.39, 0.29) is 23.4 Å². The quantitative estimate of drug-likeness (QED) is 0.806. The molecule has 0 aromatic rings. The molecule has 4 fully saturated rings. The number of ketones is 2. The second-order valence-electron chi connectivity index (χ2n) is 9.33. The molecule has 3 heteroatoms. The highest BCUT2D eigenvalue weighted by Gasteiger charge is 2.61. The third kappa shape index (κ3) is 2.04. The van der Waals surface area contributed by atoms with Crippen molar-refractivity contribution < 1.29 is 14.7 Å². The number of fused-ring (bicyclic) bond motifs is 5. The van der Waals surface area contributed by atoms with Crippen LogP contribution in [0.15, 0.2) is 0 Å². The molecule has 0 aromatic carbocycles. The summed E-state index contributed by atoms with van der Waals surface area (Å²) in [5.41, 5.74) is 0.0893. The Morgan fingerprint density at radius 1 is 1.04 bits per heavy atom. The largest absolute Gasteiger partial charge is 0.396 e. The maximum Gasteiger partial charge on any atom is 0.139 e. The molecule has 4 rings (SSSR count). The Balaban J connectivity index is 1.70. The SMILES string of the molecule is C[C@]12CCC3C(C[C@H](CO)[C@H]4CC(=O)CC[C@]34C)C1CCC2=O. The lowest BCUT2D eigenvalue weighted by molar-refractivity contribution is -0.156. The van der Waals surface area contributed by atoms with E-state index in [1.165, 1.54) is 0 Å². The molecule has 3 nitrogen and oxygen atoms in total. The zero-order valence-corrected chi connectivity index (χ0v) is 14.5. The van der Waals surface area contributed by atoms with Crippen molar-refractivity contribution >= 4 is 11.6 Å². The van der Waals surface area contributed by atoms with Crippen LogP contribution in [0.25, 0.3) is 0 Å². The van der Waals surface area contributed by atoms with Crippen LogP contribution in [0.1, 0.15) is 65.2 Å². The van der Waals surface area contributed by atoms with Crippen molar-refractivity contribution in [3.63, 3.8) is 0 Å². The molecular weight excluding hydrogens is 288 g/mol. The van der Waals surface area contributed by atoms with Crippen LogP contribution in [0.3, 0.4) is 0 Å². The van der Waals surface area contributed by atoms with Gasteiger partial charge in [-0.15, -0.1) is 0 Å². The first-order valence-electron chi connectivity index (χ1n) is 9.56. The molecule has 0 heterocycles. The number of aliphatic hydroxyl groups excluding tert-OH is 1. The van der Waals surface area contributed by atoms with Gasteiger partial charge in [0.25, 0.3) is 0 Å². The molecule has 0 aromatic heterocycles. The molecule has 0 saturated heterocycles. The minimum Gasteiger partial charge on any atom is -0.396 e. The number of rotatable bonds is 1. The van der Waals surface area contributed by atoms with Crippen LogP contribution in [0.4, 0.5) is 0 Å². The van der Waals surface area contributed by atoms with Crippen molar-refractivity contribution in [2.24, 2.45) is 40.4 Å². The Kier molecular flexibility index (Phi) is 3.54. The topological polar surface area (TPSA) is 54.4 Å². The summed E-state index contributed by atoms with van der Waals surface area (Å²) in [7, 11) is 0. The Labute approximate surface area is 139 Å². The van der Waals surface area contributed by atoms with Gasteiger partial charge in [-0.25, -0.2) is 0 Å². The predicted octanol–water partition coefficient (Wildman–Crippen LogP) is 3.39. The highest BCUT2D eigenvalue weighted by Crippen LogP contribution is 2.66. The smallest absolute Gasteiger partial charge is 0.139 e. The summed E-state index contributed by atoms with van der Waals surface area (Å²) in [6, 6.07) is 0. The van der Waals surface area contributed by atoms with Crippen LogP contribution in [0.5, 0.6) is 0 Å². The molecule has 0 aliphatic heterocycles. The lowest BCUT2D eigenvalue weighted by atomic mass is 9.43. The first kappa shape index (κ1) is 15.8. The summed E-state index contributed by atoms with van der Waals surface area (Å²) in [4.78, 5) is 24.5. The third-order valence-corrected chi connectivity index (χ3v) is 8.61. The molecule has 3 unspecified atom stereocenters. The fourth-order valence-electron chi connectivity index (χ4n) is 7.26. The Morgan fingerprint density at radius 2 is 1.83 bits per heavy atom. The van der Waals surface area contributed by atoms with Crippen molar-refractivity contribution in [2.45, 2.75) is 65.2 Å². The van der Waals surface area contributed by atoms with Crippen molar-refractivity contribution in [1.29, 1.82) is 0 Å². The summed E-state index contributed by atoms with van der Waals surface area (Å²) in [6.07, 6.45) is 7.40. The molecule has 128 valence electrons. The Bertz CT molecular complexity index is 541. The highest BCUT2D eigenvalue weighted by atomic mass is 16.3. The maximum absolute atomic E-state index is 12.5. The van der Waals surface area contributed by atoms with Gasteiger partial charge in [0.15, 0.2) is 0 Å². The van der Waals surface area contributed by atoms with Gasteiger partial charge < -0.3 is 5.11 Å². The molecule has 4 aliphatic rings. The van der Waals surface area contributed by atoms with Crippen molar-refractivity contribution in [3.05, 3.63) is 0 Å². The minimum absolute atomic E-state index is 0.102. The van der Waals surface area contributed by atoms with Gasteiger partial charge in [0.05, 0.1) is 0 Å². The van der Waals surface area contributed by atoms with E-state index < -0.39 is 0 Å². The van der Waals surface area contributed by atoms with Gasteiger partial charge >= 0.3 is 0 Å². The molecule has 0 bridgehead atoms. The van der Waals surface area contributed by atoms with E-state index in [4.69, 9.17) is 0 Å². The molecular formula is C20H30O3. The van der Waals surface area contributed by atoms with Gasteiger partial charge in [0.2, 0.25) is 0 Å². The van der Waals surface area contributed by atoms with Gasteiger partial charge in [-0.1, -0.05) is 13.8 Å². The van der Waals surface area contributed by atoms with E-state index in [1.807, 2.05) is 0 Å². The van der Waals surface area contributed by atoms with E-state index in [0.29, 0.717) is 41.7 Å². The van der Waals surface area contributed by atoms with Gasteiger partial charge in [0, 0.05) is 31.3 Å². The number of aliphatic hydroxyl groups is 1. The average Bonchev–Trinajstić information content (AvgIpc) is 2.83. The lowest BCUT2D eigenvalue weighted by Gasteiger charge is -2.61. The molecule has 4 aliphatic carbocycles. The highest BCUT2D eigenvalue weighted by molar-refractivity contribution is 5.87. The monoisotopic (exact) mass is 318 g/mol. The minimum atomic E-state index is -0.102. The van der Waals surface area contributed by atoms with Crippen LogP contribution in [0, 0.1) is 40.4 Å². The van der Waals surface area contributed by atoms with Crippen LogP contribution in [-0.4, -0.2) is 23.3 Å². The fourth-order valence-corrected chi connectivity index (χ4v) is 7.26. The standard InChI is InChI=1S/C20H30O3/c1-19-7-5-13(22)10-17(19)12(11-21)9-14-15-3-4-18(23)20(15,2)8-6-16(14)19/h12,14-17,21H,3-11H2,1-2H3/t12-,14?,15?,16?,17-,19-,20+/m1/s1. The average molecular weight is 318 g/mol. The zero-order valence-electron chi connectivity index (χ0n) is 14.5. The Hall–Kier alpha value is -0.700. The normalized spacial score (nSPS) is 52.7. The Morgan fingerprint density at radius 3 is 2.57 bits per heavy atom. The molecule has 7 atom stereocenters. The van der Waals surface area contributed by atoms with Crippen LogP contribution in [-0.2, 0) is 9.59 Å². The van der Waals surface area contributed by atoms with Crippen LogP contribution in [0.2, 0.25) is 0 Å². The van der Waals surface area contributed by atoms with Gasteiger partial charge in [-0.2, -0.15) is 0 Å². The molecule has 0 spiro atoms. The summed E-state index contributed by atoms with van der Waals surface area (Å²) in [5.74, 6) is 3.21. The number of Topliss-reactive ketones (excluding diaryl/α,β-unsaturated/α-hetero) is 2. The van der Waals surface area contributed by atoms with E-state index in [9.17, 15) is 14.7 Å². The number of hydrogen-bond acceptors (Lipinski definition) is 3. The first-order chi connectivity index (χ1) is 10.9. The maximum atomic E-state index is 12.5. The number of carbonyl (C=O) groups is 2. The molecule has 1 N–H and O–H groups in total. The summed E-state index contributed by atoms with van der Waals surface area (Å²) in [6.45, 7) is 4.80. The summed E-state index contributed by atoms with van der Waals surface area (Å²) in [5, 5.41) is 10.00. The van der Waals surface area contributed by atoms with E-state index in [2.05, 4.69) is 13.8 Å². The van der Waals surface area contributed by atoms with Gasteiger partial charge in [-0.3, -0.25) is 9.59 Å². The van der Waals surface area contributed by atoms with Crippen molar-refractivity contribution in [3.8, 4) is 0 Å². The van der Waals surface area contributed by atoms with Crippen LogP contribution >= 0.6 is 0 Å². The predicted molar refractivity (Wildman–Crippen MR) is 87.7 cm³/mol. The number of carbonyl (C=O) groups excluding carboxylic acids is 2. The molecule has 4 saturated carbocycles. The second-order valence-corrected chi connectivity index (χ2v) is 9.33. The summed E-state index contributed by atoms with van der Waals surface area (Å²) < 4.78 is 0. The van der Waals surface area contributed by atoms with Crippen molar-refractivity contribution in [1.82, 2.24) is 0 Å². The molecule has 0 radical (unpaired) electrons. The molecule has 0 amide bonds. The second kappa shape index (κ2) is 5.15. The van der Waals surface area contributed by atoms with E-state index in [0.717, 1.165) is 44.9 Å². The third-order valence-electron chi connectivity index (χ3n) is 8.61. The molecule has 23 heavy (non-hydrogen) atoms. The summed E-state index contributed by atoms with van der Waals surface area (Å²) >= 11 is 0.